The fourth-order valence-corrected chi connectivity index (χ4v) is 4.18. The van der Waals surface area contributed by atoms with Crippen LogP contribution < -0.4 is 5.32 Å². The van der Waals surface area contributed by atoms with Crippen LogP contribution in [0.3, 0.4) is 0 Å². The molecular weight excluding hydrogens is 272 g/mol. The molecule has 2 atom stereocenters. The number of carbonyl (C=O) groups excluding carboxylic acids is 1. The molecule has 22 heavy (non-hydrogen) atoms. The fraction of sp³-hybridized carbons (Fsp3) is 0.947. The molecular formula is C19H36N2O. The van der Waals surface area contributed by atoms with Gasteiger partial charge in [-0.05, 0) is 31.6 Å². The first-order chi connectivity index (χ1) is 10.4. The summed E-state index contributed by atoms with van der Waals surface area (Å²) < 4.78 is 0. The third kappa shape index (κ3) is 4.97. The first kappa shape index (κ1) is 17.8. The lowest BCUT2D eigenvalue weighted by Gasteiger charge is -2.42. The summed E-state index contributed by atoms with van der Waals surface area (Å²) in [5, 5.41) is 3.89. The van der Waals surface area contributed by atoms with E-state index in [2.05, 4.69) is 17.1 Å². The molecule has 0 radical (unpaired) electrons. The number of piperidine rings is 1. The molecule has 3 heteroatoms. The highest BCUT2D eigenvalue weighted by Gasteiger charge is 2.35. The van der Waals surface area contributed by atoms with Crippen LogP contribution in [0.25, 0.3) is 0 Å². The third-order valence-corrected chi connectivity index (χ3v) is 5.24. The van der Waals surface area contributed by atoms with Crippen molar-refractivity contribution >= 4 is 5.91 Å². The zero-order valence-corrected chi connectivity index (χ0v) is 15.2. The Morgan fingerprint density at radius 1 is 1.09 bits per heavy atom. The molecule has 2 rings (SSSR count). The standard InChI is InChI=1S/C19H36N2O/c1-5-9-15-12-17(20-16-10-7-6-8-11-16)14-21(13-15)18(22)19(2,3)4/h15-17,20H,5-14H2,1-4H3. The second kappa shape index (κ2) is 7.81. The van der Waals surface area contributed by atoms with E-state index in [-0.39, 0.29) is 5.41 Å². The van der Waals surface area contributed by atoms with E-state index < -0.39 is 0 Å². The lowest BCUT2D eigenvalue weighted by atomic mass is 9.86. The average molecular weight is 309 g/mol. The lowest BCUT2D eigenvalue weighted by Crippen LogP contribution is -2.55. The topological polar surface area (TPSA) is 32.3 Å². The summed E-state index contributed by atoms with van der Waals surface area (Å²) in [6.07, 6.45) is 10.5. The Bertz CT molecular complexity index is 355. The molecule has 1 N–H and O–H groups in total. The van der Waals surface area contributed by atoms with E-state index in [1.165, 1.54) is 51.4 Å². The van der Waals surface area contributed by atoms with E-state index >= 15 is 0 Å². The molecule has 3 nitrogen and oxygen atoms in total. The highest BCUT2D eigenvalue weighted by Crippen LogP contribution is 2.27. The maximum atomic E-state index is 12.7. The van der Waals surface area contributed by atoms with Crippen molar-refractivity contribution < 1.29 is 4.79 Å². The van der Waals surface area contributed by atoms with Crippen molar-refractivity contribution in [2.45, 2.75) is 91.1 Å². The molecule has 128 valence electrons. The first-order valence-corrected chi connectivity index (χ1v) is 9.45. The number of nitrogens with zero attached hydrogens (tertiary/aromatic N) is 1. The van der Waals surface area contributed by atoms with Gasteiger partial charge in [-0.25, -0.2) is 0 Å². The van der Waals surface area contributed by atoms with Crippen LogP contribution in [0.4, 0.5) is 0 Å². The molecule has 1 heterocycles. The minimum absolute atomic E-state index is 0.260. The Morgan fingerprint density at radius 2 is 1.77 bits per heavy atom. The van der Waals surface area contributed by atoms with Gasteiger partial charge in [0.1, 0.15) is 0 Å². The highest BCUT2D eigenvalue weighted by molar-refractivity contribution is 5.81. The minimum atomic E-state index is -0.260. The van der Waals surface area contributed by atoms with Crippen molar-refractivity contribution in [1.29, 1.82) is 0 Å². The number of hydrogen-bond acceptors (Lipinski definition) is 2. The van der Waals surface area contributed by atoms with Crippen molar-refractivity contribution in [3.63, 3.8) is 0 Å². The molecule has 1 aliphatic heterocycles. The summed E-state index contributed by atoms with van der Waals surface area (Å²) in [5.74, 6) is 0.995. The summed E-state index contributed by atoms with van der Waals surface area (Å²) >= 11 is 0. The summed E-state index contributed by atoms with van der Waals surface area (Å²) in [7, 11) is 0. The number of likely N-dealkylation sites (tertiary alicyclic amines) is 1. The molecule has 2 fully saturated rings. The molecule has 1 saturated carbocycles. The molecule has 0 aromatic rings. The van der Waals surface area contributed by atoms with Gasteiger partial charge >= 0.3 is 0 Å². The Labute approximate surface area is 137 Å². The maximum Gasteiger partial charge on any atom is 0.228 e. The second-order valence-corrected chi connectivity index (χ2v) is 8.55. The summed E-state index contributed by atoms with van der Waals surface area (Å²) in [5.41, 5.74) is -0.260. The van der Waals surface area contributed by atoms with E-state index in [9.17, 15) is 4.79 Å². The minimum Gasteiger partial charge on any atom is -0.340 e. The smallest absolute Gasteiger partial charge is 0.228 e. The monoisotopic (exact) mass is 308 g/mol. The SMILES string of the molecule is CCCC1CC(NC2CCCCC2)CN(C(=O)C(C)(C)C)C1. The lowest BCUT2D eigenvalue weighted by molar-refractivity contribution is -0.142. The third-order valence-electron chi connectivity index (χ3n) is 5.24. The number of carbonyl (C=O) groups is 1. The normalized spacial score (nSPS) is 27.9. The number of nitrogens with one attached hydrogen (secondary N) is 1. The van der Waals surface area contributed by atoms with Crippen LogP contribution in [0.5, 0.6) is 0 Å². The van der Waals surface area contributed by atoms with Crippen LogP contribution >= 0.6 is 0 Å². The largest absolute Gasteiger partial charge is 0.340 e. The van der Waals surface area contributed by atoms with E-state index in [0.717, 1.165) is 13.1 Å². The van der Waals surface area contributed by atoms with E-state index in [1.54, 1.807) is 0 Å². The van der Waals surface area contributed by atoms with E-state index in [4.69, 9.17) is 0 Å². The molecule has 1 aliphatic carbocycles. The van der Waals surface area contributed by atoms with Gasteiger partial charge in [-0.3, -0.25) is 4.79 Å². The Morgan fingerprint density at radius 3 is 2.36 bits per heavy atom. The number of rotatable bonds is 4. The van der Waals surface area contributed by atoms with E-state index in [1.807, 2.05) is 20.8 Å². The van der Waals surface area contributed by atoms with Crippen molar-refractivity contribution in [1.82, 2.24) is 10.2 Å². The molecule has 1 amide bonds. The molecule has 0 bridgehead atoms. The molecule has 0 spiro atoms. The van der Waals surface area contributed by atoms with E-state index in [0.29, 0.717) is 23.9 Å². The Kier molecular flexibility index (Phi) is 6.31. The van der Waals surface area contributed by atoms with Gasteiger partial charge in [-0.15, -0.1) is 0 Å². The predicted molar refractivity (Wildman–Crippen MR) is 92.8 cm³/mol. The van der Waals surface area contributed by atoms with Gasteiger partial charge in [-0.2, -0.15) is 0 Å². The van der Waals surface area contributed by atoms with Gasteiger partial charge in [-0.1, -0.05) is 53.4 Å². The predicted octanol–water partition coefficient (Wildman–Crippen LogP) is 3.97. The van der Waals surface area contributed by atoms with Crippen molar-refractivity contribution in [3.05, 3.63) is 0 Å². The zero-order chi connectivity index (χ0) is 16.2. The zero-order valence-electron chi connectivity index (χ0n) is 15.2. The maximum absolute atomic E-state index is 12.7. The van der Waals surface area contributed by atoms with Crippen molar-refractivity contribution in [2.75, 3.05) is 13.1 Å². The Hall–Kier alpha value is -0.570. The van der Waals surface area contributed by atoms with Crippen LogP contribution in [-0.2, 0) is 4.79 Å². The number of hydrogen-bond donors (Lipinski definition) is 1. The van der Waals surface area contributed by atoms with Crippen LogP contribution in [0, 0.1) is 11.3 Å². The van der Waals surface area contributed by atoms with Gasteiger partial charge in [0, 0.05) is 30.6 Å². The van der Waals surface area contributed by atoms with Crippen LogP contribution in [0.1, 0.15) is 79.1 Å². The summed E-state index contributed by atoms with van der Waals surface area (Å²) in [4.78, 5) is 14.8. The van der Waals surface area contributed by atoms with Gasteiger partial charge in [0.25, 0.3) is 0 Å². The van der Waals surface area contributed by atoms with Gasteiger partial charge in [0.15, 0.2) is 0 Å². The molecule has 0 aromatic heterocycles. The molecule has 2 aliphatic rings. The van der Waals surface area contributed by atoms with Gasteiger partial charge < -0.3 is 10.2 Å². The Balaban J connectivity index is 1.97. The summed E-state index contributed by atoms with van der Waals surface area (Å²) in [6, 6.07) is 1.19. The first-order valence-electron chi connectivity index (χ1n) is 9.45. The number of amides is 1. The van der Waals surface area contributed by atoms with Crippen LogP contribution in [0.2, 0.25) is 0 Å². The fourth-order valence-electron chi connectivity index (χ4n) is 4.18. The van der Waals surface area contributed by atoms with Crippen LogP contribution in [-0.4, -0.2) is 36.0 Å². The molecule has 0 aromatic carbocycles. The molecule has 1 saturated heterocycles. The summed E-state index contributed by atoms with van der Waals surface area (Å²) in [6.45, 7) is 10.3. The molecule has 2 unspecified atom stereocenters. The average Bonchev–Trinajstić information content (AvgIpc) is 2.46. The van der Waals surface area contributed by atoms with Crippen molar-refractivity contribution in [2.24, 2.45) is 11.3 Å². The van der Waals surface area contributed by atoms with Crippen LogP contribution in [0.15, 0.2) is 0 Å². The quantitative estimate of drug-likeness (QED) is 0.852. The van der Waals surface area contributed by atoms with Gasteiger partial charge in [0.05, 0.1) is 0 Å². The highest BCUT2D eigenvalue weighted by atomic mass is 16.2. The van der Waals surface area contributed by atoms with Crippen molar-refractivity contribution in [3.8, 4) is 0 Å². The second-order valence-electron chi connectivity index (χ2n) is 8.55. The van der Waals surface area contributed by atoms with Gasteiger partial charge in [0.2, 0.25) is 5.91 Å².